The van der Waals surface area contributed by atoms with E-state index in [1.807, 2.05) is 11.0 Å². The van der Waals surface area contributed by atoms with Gasteiger partial charge >= 0.3 is 0 Å². The van der Waals surface area contributed by atoms with Gasteiger partial charge in [-0.2, -0.15) is 0 Å². The van der Waals surface area contributed by atoms with Crippen LogP contribution in [0.2, 0.25) is 0 Å². The number of nitrogens with zero attached hydrogens (tertiary/aromatic N) is 2. The Labute approximate surface area is 162 Å². The van der Waals surface area contributed by atoms with Crippen molar-refractivity contribution in [3.63, 3.8) is 0 Å². The van der Waals surface area contributed by atoms with Crippen molar-refractivity contribution in [3.05, 3.63) is 30.1 Å². The quantitative estimate of drug-likeness (QED) is 0.793. The van der Waals surface area contributed by atoms with E-state index in [1.54, 1.807) is 12.1 Å². The van der Waals surface area contributed by atoms with Crippen LogP contribution in [0.4, 0.5) is 4.39 Å². The number of rotatable bonds is 4. The molecule has 150 valence electrons. The molecule has 0 bridgehead atoms. The molecule has 0 saturated carbocycles. The number of ether oxygens (including phenoxy) is 1. The van der Waals surface area contributed by atoms with Crippen molar-refractivity contribution >= 4 is 5.91 Å². The molecule has 1 aromatic rings. The molecule has 1 aromatic carbocycles. The first-order chi connectivity index (χ1) is 12.8. The molecule has 0 N–H and O–H groups in total. The third-order valence-electron chi connectivity index (χ3n) is 5.62. The molecule has 1 amide bonds. The summed E-state index contributed by atoms with van der Waals surface area (Å²) >= 11 is 0. The lowest BCUT2D eigenvalue weighted by Crippen LogP contribution is -2.50. The van der Waals surface area contributed by atoms with E-state index in [2.05, 4.69) is 25.7 Å². The number of hydrogen-bond acceptors (Lipinski definition) is 3. The minimum atomic E-state index is -0.285. The molecule has 27 heavy (non-hydrogen) atoms. The summed E-state index contributed by atoms with van der Waals surface area (Å²) in [7, 11) is 0. The average Bonchev–Trinajstić information content (AvgIpc) is 2.63. The topological polar surface area (TPSA) is 32.8 Å². The van der Waals surface area contributed by atoms with Gasteiger partial charge in [0.2, 0.25) is 5.91 Å². The van der Waals surface area contributed by atoms with Gasteiger partial charge in [0.15, 0.2) is 11.6 Å². The summed E-state index contributed by atoms with van der Waals surface area (Å²) < 4.78 is 19.6. The molecule has 0 aliphatic carbocycles. The molecule has 0 radical (unpaired) electrons. The molecular weight excluding hydrogens is 343 g/mol. The van der Waals surface area contributed by atoms with E-state index in [1.165, 1.54) is 6.07 Å². The number of hydrogen-bond donors (Lipinski definition) is 0. The summed E-state index contributed by atoms with van der Waals surface area (Å²) in [6.07, 6.45) is 4.67. The third kappa shape index (κ3) is 5.68. The van der Waals surface area contributed by atoms with Crippen LogP contribution in [0.1, 0.15) is 52.9 Å². The van der Waals surface area contributed by atoms with Crippen molar-refractivity contribution in [2.24, 2.45) is 5.41 Å². The Morgan fingerprint density at radius 1 is 1.07 bits per heavy atom. The third-order valence-corrected chi connectivity index (χ3v) is 5.62. The molecule has 2 saturated heterocycles. The summed E-state index contributed by atoms with van der Waals surface area (Å²) in [5, 5.41) is 0. The van der Waals surface area contributed by atoms with Gasteiger partial charge < -0.3 is 9.64 Å². The summed E-state index contributed by atoms with van der Waals surface area (Å²) in [6.45, 7) is 10.1. The zero-order valence-electron chi connectivity index (χ0n) is 16.9. The van der Waals surface area contributed by atoms with Gasteiger partial charge in [0.05, 0.1) is 0 Å². The molecule has 4 nitrogen and oxygen atoms in total. The van der Waals surface area contributed by atoms with Crippen LogP contribution in [0.3, 0.4) is 0 Å². The van der Waals surface area contributed by atoms with Crippen LogP contribution in [-0.4, -0.2) is 54.0 Å². The first kappa shape index (κ1) is 20.1. The minimum Gasteiger partial charge on any atom is -0.487 e. The van der Waals surface area contributed by atoms with Crippen molar-refractivity contribution < 1.29 is 13.9 Å². The largest absolute Gasteiger partial charge is 0.487 e. The van der Waals surface area contributed by atoms with Crippen LogP contribution in [0.25, 0.3) is 0 Å². The SMILES string of the molecule is CC(C)(C)CC(=O)N1CCC(N2CCC(Oc3ccccc3F)CC2)CC1. The Balaban J connectivity index is 1.42. The van der Waals surface area contributed by atoms with Crippen molar-refractivity contribution in [2.75, 3.05) is 26.2 Å². The van der Waals surface area contributed by atoms with Crippen molar-refractivity contribution in [1.82, 2.24) is 9.80 Å². The lowest BCUT2D eigenvalue weighted by Gasteiger charge is -2.42. The van der Waals surface area contributed by atoms with Gasteiger partial charge in [-0.25, -0.2) is 4.39 Å². The average molecular weight is 377 g/mol. The highest BCUT2D eigenvalue weighted by Gasteiger charge is 2.31. The van der Waals surface area contributed by atoms with E-state index < -0.39 is 0 Å². The Bertz CT molecular complexity index is 627. The maximum Gasteiger partial charge on any atom is 0.223 e. The van der Waals surface area contributed by atoms with E-state index in [-0.39, 0.29) is 23.2 Å². The van der Waals surface area contributed by atoms with Gasteiger partial charge in [0.25, 0.3) is 0 Å². The van der Waals surface area contributed by atoms with E-state index in [0.29, 0.717) is 18.2 Å². The monoisotopic (exact) mass is 376 g/mol. The molecule has 2 aliphatic rings. The van der Waals surface area contributed by atoms with Gasteiger partial charge in [-0.3, -0.25) is 9.69 Å². The molecule has 0 spiro atoms. The van der Waals surface area contributed by atoms with Crippen LogP contribution < -0.4 is 4.74 Å². The summed E-state index contributed by atoms with van der Waals surface area (Å²) in [6, 6.07) is 7.19. The fourth-order valence-corrected chi connectivity index (χ4v) is 4.12. The van der Waals surface area contributed by atoms with Gasteiger partial charge in [0, 0.05) is 38.6 Å². The maximum atomic E-state index is 13.7. The molecule has 0 aromatic heterocycles. The standard InChI is InChI=1S/C22H33FN2O2/c1-22(2,3)16-21(26)25-12-8-17(9-13-25)24-14-10-18(11-15-24)27-20-7-5-4-6-19(20)23/h4-7,17-18H,8-16H2,1-3H3. The highest BCUT2D eigenvalue weighted by molar-refractivity contribution is 5.76. The number of halogens is 1. The van der Waals surface area contributed by atoms with Crippen LogP contribution >= 0.6 is 0 Å². The molecule has 3 rings (SSSR count). The highest BCUT2D eigenvalue weighted by atomic mass is 19.1. The molecule has 2 fully saturated rings. The lowest BCUT2D eigenvalue weighted by atomic mass is 9.91. The van der Waals surface area contributed by atoms with Gasteiger partial charge in [0.1, 0.15) is 6.10 Å². The molecule has 5 heteroatoms. The summed E-state index contributed by atoms with van der Waals surface area (Å²) in [5.41, 5.74) is 0.0496. The van der Waals surface area contributed by atoms with Crippen molar-refractivity contribution in [2.45, 2.75) is 65.0 Å². The Hall–Kier alpha value is -1.62. The van der Waals surface area contributed by atoms with Gasteiger partial charge in [-0.1, -0.05) is 32.9 Å². The van der Waals surface area contributed by atoms with Crippen LogP contribution in [0.15, 0.2) is 24.3 Å². The predicted molar refractivity (Wildman–Crippen MR) is 105 cm³/mol. The molecular formula is C22H33FN2O2. The van der Waals surface area contributed by atoms with E-state index in [4.69, 9.17) is 4.74 Å². The second kappa shape index (κ2) is 8.59. The van der Waals surface area contributed by atoms with Gasteiger partial charge in [-0.05, 0) is 43.2 Å². The normalized spacial score (nSPS) is 20.7. The lowest BCUT2D eigenvalue weighted by molar-refractivity contribution is -0.134. The van der Waals surface area contributed by atoms with Crippen molar-refractivity contribution in [3.8, 4) is 5.75 Å². The molecule has 0 unspecified atom stereocenters. The van der Waals surface area contributed by atoms with E-state index in [0.717, 1.165) is 51.9 Å². The van der Waals surface area contributed by atoms with Crippen LogP contribution in [0, 0.1) is 11.2 Å². The fourth-order valence-electron chi connectivity index (χ4n) is 4.12. The molecule has 2 aliphatic heterocycles. The second-order valence-corrected chi connectivity index (χ2v) is 9.13. The number of carbonyl (C=O) groups is 1. The minimum absolute atomic E-state index is 0.0496. The summed E-state index contributed by atoms with van der Waals surface area (Å²) in [4.78, 5) is 17.0. The van der Waals surface area contributed by atoms with Crippen LogP contribution in [0.5, 0.6) is 5.75 Å². The number of benzene rings is 1. The van der Waals surface area contributed by atoms with E-state index >= 15 is 0 Å². The zero-order chi connectivity index (χ0) is 19.4. The first-order valence-corrected chi connectivity index (χ1v) is 10.2. The Morgan fingerprint density at radius 2 is 1.70 bits per heavy atom. The predicted octanol–water partition coefficient (Wildman–Crippen LogP) is 4.10. The van der Waals surface area contributed by atoms with Crippen LogP contribution in [-0.2, 0) is 4.79 Å². The highest BCUT2D eigenvalue weighted by Crippen LogP contribution is 2.26. The Morgan fingerprint density at radius 3 is 2.30 bits per heavy atom. The number of carbonyl (C=O) groups excluding carboxylic acids is 1. The smallest absolute Gasteiger partial charge is 0.223 e. The number of para-hydroxylation sites is 1. The molecule has 2 heterocycles. The number of likely N-dealkylation sites (tertiary alicyclic amines) is 2. The number of amides is 1. The summed E-state index contributed by atoms with van der Waals surface area (Å²) in [5.74, 6) is 0.367. The second-order valence-electron chi connectivity index (χ2n) is 9.13. The first-order valence-electron chi connectivity index (χ1n) is 10.2. The fraction of sp³-hybridized carbons (Fsp3) is 0.682. The number of piperidine rings is 2. The van der Waals surface area contributed by atoms with E-state index in [9.17, 15) is 9.18 Å². The molecule has 0 atom stereocenters. The van der Waals surface area contributed by atoms with Crippen molar-refractivity contribution in [1.29, 1.82) is 0 Å². The van der Waals surface area contributed by atoms with Gasteiger partial charge in [-0.15, -0.1) is 0 Å². The Kier molecular flexibility index (Phi) is 6.40. The zero-order valence-corrected chi connectivity index (χ0v) is 16.9. The maximum absolute atomic E-state index is 13.7.